The molecule has 18 heavy (non-hydrogen) atoms. The molecule has 5 saturated carbocycles. The standard InChI is InChI=1S/C17H29N/c1-18-16(15-3-2-4-15)11-17-8-12-5-13(9-17)7-14(6-12)10-17/h12-16,18H,2-11H2,1H3. The Morgan fingerprint density at radius 2 is 1.56 bits per heavy atom. The molecule has 1 heteroatoms. The van der Waals surface area contributed by atoms with Crippen molar-refractivity contribution in [3.63, 3.8) is 0 Å². The van der Waals surface area contributed by atoms with Crippen molar-refractivity contribution >= 4 is 0 Å². The molecule has 5 aliphatic rings. The largest absolute Gasteiger partial charge is 0.317 e. The first kappa shape index (κ1) is 11.8. The Kier molecular flexibility index (Phi) is 2.76. The van der Waals surface area contributed by atoms with Gasteiger partial charge in [0.1, 0.15) is 0 Å². The zero-order valence-electron chi connectivity index (χ0n) is 12.0. The minimum absolute atomic E-state index is 0.776. The van der Waals surface area contributed by atoms with Gasteiger partial charge >= 0.3 is 0 Å². The summed E-state index contributed by atoms with van der Waals surface area (Å²) in [4.78, 5) is 0. The van der Waals surface area contributed by atoms with Crippen molar-refractivity contribution in [3.05, 3.63) is 0 Å². The number of hydrogen-bond acceptors (Lipinski definition) is 1. The summed E-state index contributed by atoms with van der Waals surface area (Å²) in [6.07, 6.45) is 15.5. The molecular formula is C17H29N. The van der Waals surface area contributed by atoms with E-state index in [1.807, 2.05) is 0 Å². The molecule has 0 spiro atoms. The van der Waals surface area contributed by atoms with Crippen LogP contribution in [0.2, 0.25) is 0 Å². The molecule has 0 saturated heterocycles. The van der Waals surface area contributed by atoms with Crippen LogP contribution in [0.5, 0.6) is 0 Å². The van der Waals surface area contributed by atoms with Gasteiger partial charge in [-0.15, -0.1) is 0 Å². The average Bonchev–Trinajstić information content (AvgIpc) is 2.23. The minimum Gasteiger partial charge on any atom is -0.317 e. The molecule has 5 rings (SSSR count). The van der Waals surface area contributed by atoms with Gasteiger partial charge in [0, 0.05) is 6.04 Å². The van der Waals surface area contributed by atoms with E-state index in [0.29, 0.717) is 0 Å². The predicted octanol–water partition coefficient (Wildman–Crippen LogP) is 3.98. The lowest BCUT2D eigenvalue weighted by Gasteiger charge is -2.58. The van der Waals surface area contributed by atoms with Crippen molar-refractivity contribution in [2.45, 2.75) is 70.3 Å². The molecule has 4 bridgehead atoms. The second-order valence-electron chi connectivity index (χ2n) is 8.21. The lowest BCUT2D eigenvalue weighted by atomic mass is 9.48. The maximum atomic E-state index is 3.68. The lowest BCUT2D eigenvalue weighted by molar-refractivity contribution is -0.0666. The zero-order chi connectivity index (χ0) is 12.2. The van der Waals surface area contributed by atoms with Crippen LogP contribution in [-0.4, -0.2) is 13.1 Å². The van der Waals surface area contributed by atoms with Crippen LogP contribution in [0.1, 0.15) is 64.2 Å². The summed E-state index contributed by atoms with van der Waals surface area (Å²) in [5, 5.41) is 3.68. The third kappa shape index (κ3) is 1.85. The van der Waals surface area contributed by atoms with Gasteiger partial charge in [0.25, 0.3) is 0 Å². The molecule has 1 unspecified atom stereocenters. The van der Waals surface area contributed by atoms with Crippen molar-refractivity contribution in [1.82, 2.24) is 5.32 Å². The summed E-state index contributed by atoms with van der Waals surface area (Å²) in [7, 11) is 2.21. The summed E-state index contributed by atoms with van der Waals surface area (Å²) in [5.41, 5.74) is 0.776. The maximum Gasteiger partial charge on any atom is 0.00976 e. The van der Waals surface area contributed by atoms with E-state index in [0.717, 1.165) is 35.1 Å². The molecule has 0 aromatic rings. The molecular weight excluding hydrogens is 218 g/mol. The van der Waals surface area contributed by atoms with Gasteiger partial charge < -0.3 is 5.32 Å². The number of hydrogen-bond donors (Lipinski definition) is 1. The van der Waals surface area contributed by atoms with E-state index < -0.39 is 0 Å². The molecule has 0 radical (unpaired) electrons. The van der Waals surface area contributed by atoms with Crippen LogP contribution in [-0.2, 0) is 0 Å². The van der Waals surface area contributed by atoms with Gasteiger partial charge in [-0.1, -0.05) is 6.42 Å². The molecule has 5 aliphatic carbocycles. The fourth-order valence-electron chi connectivity index (χ4n) is 6.35. The molecule has 0 aromatic heterocycles. The summed E-state index contributed by atoms with van der Waals surface area (Å²) < 4.78 is 0. The average molecular weight is 247 g/mol. The van der Waals surface area contributed by atoms with Gasteiger partial charge in [-0.3, -0.25) is 0 Å². The monoisotopic (exact) mass is 247 g/mol. The molecule has 0 heterocycles. The van der Waals surface area contributed by atoms with Crippen LogP contribution in [0, 0.1) is 29.1 Å². The Morgan fingerprint density at radius 1 is 1.00 bits per heavy atom. The quantitative estimate of drug-likeness (QED) is 0.792. The fraction of sp³-hybridized carbons (Fsp3) is 1.00. The molecule has 1 N–H and O–H groups in total. The number of rotatable bonds is 4. The first-order valence-electron chi connectivity index (χ1n) is 8.44. The van der Waals surface area contributed by atoms with Gasteiger partial charge in [0.2, 0.25) is 0 Å². The normalized spacial score (nSPS) is 48.2. The summed E-state index contributed by atoms with van der Waals surface area (Å²) in [6.45, 7) is 0. The van der Waals surface area contributed by atoms with E-state index in [-0.39, 0.29) is 0 Å². The van der Waals surface area contributed by atoms with Gasteiger partial charge in [0.05, 0.1) is 0 Å². The van der Waals surface area contributed by atoms with E-state index in [1.165, 1.54) is 25.7 Å². The summed E-state index contributed by atoms with van der Waals surface area (Å²) in [6, 6.07) is 0.843. The molecule has 5 fully saturated rings. The first-order chi connectivity index (χ1) is 8.76. The fourth-order valence-corrected chi connectivity index (χ4v) is 6.35. The minimum atomic E-state index is 0.776. The Bertz CT molecular complexity index is 282. The summed E-state index contributed by atoms with van der Waals surface area (Å²) in [5.74, 6) is 4.38. The van der Waals surface area contributed by atoms with Crippen LogP contribution in [0.4, 0.5) is 0 Å². The smallest absolute Gasteiger partial charge is 0.00976 e. The van der Waals surface area contributed by atoms with Crippen molar-refractivity contribution in [3.8, 4) is 0 Å². The highest BCUT2D eigenvalue weighted by molar-refractivity contribution is 5.03. The van der Waals surface area contributed by atoms with Crippen molar-refractivity contribution in [2.75, 3.05) is 7.05 Å². The highest BCUT2D eigenvalue weighted by Crippen LogP contribution is 2.62. The highest BCUT2D eigenvalue weighted by Gasteiger charge is 2.51. The third-order valence-electron chi connectivity index (χ3n) is 6.91. The lowest BCUT2D eigenvalue weighted by Crippen LogP contribution is -2.50. The SMILES string of the molecule is CNC(CC12CC3CC(CC(C3)C1)C2)C1CCC1. The third-order valence-corrected chi connectivity index (χ3v) is 6.91. The van der Waals surface area contributed by atoms with Crippen LogP contribution in [0.15, 0.2) is 0 Å². The Morgan fingerprint density at radius 3 is 1.94 bits per heavy atom. The number of nitrogens with one attached hydrogen (secondary N) is 1. The van der Waals surface area contributed by atoms with Crippen LogP contribution < -0.4 is 5.32 Å². The topological polar surface area (TPSA) is 12.0 Å². The van der Waals surface area contributed by atoms with E-state index in [4.69, 9.17) is 0 Å². The Balaban J connectivity index is 1.49. The van der Waals surface area contributed by atoms with Crippen molar-refractivity contribution in [2.24, 2.45) is 29.1 Å². The summed E-state index contributed by atoms with van der Waals surface area (Å²) >= 11 is 0. The second kappa shape index (κ2) is 4.23. The Hall–Kier alpha value is -0.0400. The van der Waals surface area contributed by atoms with Gasteiger partial charge in [-0.2, -0.15) is 0 Å². The highest BCUT2D eigenvalue weighted by atomic mass is 14.9. The molecule has 0 amide bonds. The predicted molar refractivity (Wildman–Crippen MR) is 75.4 cm³/mol. The molecule has 1 nitrogen and oxygen atoms in total. The molecule has 0 aliphatic heterocycles. The van der Waals surface area contributed by atoms with Crippen LogP contribution >= 0.6 is 0 Å². The zero-order valence-corrected chi connectivity index (χ0v) is 12.0. The Labute approximate surface area is 112 Å². The van der Waals surface area contributed by atoms with E-state index in [2.05, 4.69) is 12.4 Å². The van der Waals surface area contributed by atoms with E-state index >= 15 is 0 Å². The van der Waals surface area contributed by atoms with Gasteiger partial charge in [-0.25, -0.2) is 0 Å². The second-order valence-corrected chi connectivity index (χ2v) is 8.21. The van der Waals surface area contributed by atoms with E-state index in [1.54, 1.807) is 38.5 Å². The molecule has 0 aromatic carbocycles. The first-order valence-corrected chi connectivity index (χ1v) is 8.44. The van der Waals surface area contributed by atoms with Gasteiger partial charge in [0.15, 0.2) is 0 Å². The van der Waals surface area contributed by atoms with Crippen LogP contribution in [0.3, 0.4) is 0 Å². The van der Waals surface area contributed by atoms with Crippen molar-refractivity contribution < 1.29 is 0 Å². The molecule has 1 atom stereocenters. The maximum absolute atomic E-state index is 3.68. The van der Waals surface area contributed by atoms with Gasteiger partial charge in [-0.05, 0) is 93.9 Å². The molecule has 102 valence electrons. The van der Waals surface area contributed by atoms with Crippen LogP contribution in [0.25, 0.3) is 0 Å². The van der Waals surface area contributed by atoms with Crippen molar-refractivity contribution in [1.29, 1.82) is 0 Å². The van der Waals surface area contributed by atoms with E-state index in [9.17, 15) is 0 Å².